The van der Waals surface area contributed by atoms with Crippen molar-refractivity contribution in [3.05, 3.63) is 32.6 Å². The average molecular weight is 400 g/mol. The number of nitrogens with zero attached hydrogens (tertiary/aromatic N) is 3. The zero-order valence-electron chi connectivity index (χ0n) is 18.5. The molecule has 5 aliphatic rings. The van der Waals surface area contributed by atoms with Crippen molar-refractivity contribution in [1.82, 2.24) is 14.0 Å². The van der Waals surface area contributed by atoms with Crippen LogP contribution in [0.3, 0.4) is 0 Å². The molecule has 5 fully saturated rings. The molecule has 3 unspecified atom stereocenters. The maximum absolute atomic E-state index is 13.6. The zero-order valence-corrected chi connectivity index (χ0v) is 18.5. The first kappa shape index (κ1) is 19.6. The summed E-state index contributed by atoms with van der Waals surface area (Å²) in [6.45, 7) is 10.6. The predicted molar refractivity (Wildman–Crippen MR) is 115 cm³/mol. The van der Waals surface area contributed by atoms with Gasteiger partial charge in [-0.25, -0.2) is 4.79 Å². The quantitative estimate of drug-likeness (QED) is 0.761. The monoisotopic (exact) mass is 399 g/mol. The molecule has 160 valence electrons. The van der Waals surface area contributed by atoms with Gasteiger partial charge in [-0.05, 0) is 75.3 Å². The van der Waals surface area contributed by atoms with E-state index in [9.17, 15) is 9.59 Å². The first-order valence-corrected chi connectivity index (χ1v) is 12.0. The Kier molecular flexibility index (Phi) is 4.61. The van der Waals surface area contributed by atoms with Crippen molar-refractivity contribution >= 4 is 0 Å². The third kappa shape index (κ3) is 2.83. The SMILES string of the molecule is CC1CCC2CC1(c1cc(=O)n(CCN3CCCCC3)c(=O)n1C1CC1)C2(C)C. The summed E-state index contributed by atoms with van der Waals surface area (Å²) >= 11 is 0. The van der Waals surface area contributed by atoms with Gasteiger partial charge in [0.15, 0.2) is 0 Å². The van der Waals surface area contributed by atoms with E-state index in [1.165, 1.54) is 36.7 Å². The van der Waals surface area contributed by atoms with Gasteiger partial charge in [-0.2, -0.15) is 0 Å². The predicted octanol–water partition coefficient (Wildman–Crippen LogP) is 3.54. The first-order valence-electron chi connectivity index (χ1n) is 12.0. The summed E-state index contributed by atoms with van der Waals surface area (Å²) in [4.78, 5) is 29.2. The van der Waals surface area contributed by atoms with E-state index in [1.807, 2.05) is 6.07 Å². The van der Waals surface area contributed by atoms with Gasteiger partial charge in [0, 0.05) is 36.3 Å². The molecule has 5 nitrogen and oxygen atoms in total. The molecule has 6 rings (SSSR count). The lowest BCUT2D eigenvalue weighted by molar-refractivity contribution is -0.138. The molecule has 0 N–H and O–H groups in total. The average Bonchev–Trinajstić information content (AvgIpc) is 3.53. The van der Waals surface area contributed by atoms with Crippen molar-refractivity contribution in [1.29, 1.82) is 0 Å². The molecule has 1 saturated heterocycles. The Hall–Kier alpha value is -1.36. The molecule has 1 aliphatic heterocycles. The number of aromatic nitrogens is 2. The Morgan fingerprint density at radius 3 is 2.34 bits per heavy atom. The molecule has 4 saturated carbocycles. The lowest BCUT2D eigenvalue weighted by Gasteiger charge is -2.69. The van der Waals surface area contributed by atoms with Crippen LogP contribution in [0.15, 0.2) is 15.7 Å². The highest BCUT2D eigenvalue weighted by atomic mass is 16.2. The molecule has 4 aliphatic carbocycles. The maximum Gasteiger partial charge on any atom is 0.331 e. The summed E-state index contributed by atoms with van der Waals surface area (Å²) in [6, 6.07) is 2.17. The van der Waals surface area contributed by atoms with Crippen LogP contribution >= 0.6 is 0 Å². The zero-order chi connectivity index (χ0) is 20.4. The first-order chi connectivity index (χ1) is 13.9. The van der Waals surface area contributed by atoms with Crippen LogP contribution in [-0.4, -0.2) is 33.7 Å². The molecule has 3 atom stereocenters. The highest BCUT2D eigenvalue weighted by Gasteiger charge is 2.66. The minimum Gasteiger partial charge on any atom is -0.302 e. The summed E-state index contributed by atoms with van der Waals surface area (Å²) in [7, 11) is 0. The molecular formula is C24H37N3O2. The number of likely N-dealkylation sites (tertiary alicyclic amines) is 1. The van der Waals surface area contributed by atoms with E-state index in [4.69, 9.17) is 0 Å². The molecule has 5 heteroatoms. The Morgan fingerprint density at radius 2 is 1.72 bits per heavy atom. The molecule has 0 amide bonds. The van der Waals surface area contributed by atoms with Gasteiger partial charge in [0.1, 0.15) is 0 Å². The Labute approximate surface area is 174 Å². The van der Waals surface area contributed by atoms with Crippen molar-refractivity contribution in [2.45, 2.75) is 90.1 Å². The highest BCUT2D eigenvalue weighted by Crippen LogP contribution is 2.70. The second kappa shape index (κ2) is 6.83. The summed E-state index contributed by atoms with van der Waals surface area (Å²) in [5.41, 5.74) is 1.10. The van der Waals surface area contributed by atoms with Crippen LogP contribution in [0, 0.1) is 17.3 Å². The lowest BCUT2D eigenvalue weighted by atomic mass is 9.36. The van der Waals surface area contributed by atoms with Crippen LogP contribution in [0.2, 0.25) is 0 Å². The molecule has 2 bridgehead atoms. The highest BCUT2D eigenvalue weighted by molar-refractivity contribution is 5.32. The summed E-state index contributed by atoms with van der Waals surface area (Å²) in [5.74, 6) is 1.25. The molecule has 1 aromatic heterocycles. The minimum atomic E-state index is -0.0784. The van der Waals surface area contributed by atoms with Crippen LogP contribution in [0.4, 0.5) is 0 Å². The topological polar surface area (TPSA) is 47.2 Å². The van der Waals surface area contributed by atoms with Crippen molar-refractivity contribution in [3.63, 3.8) is 0 Å². The summed E-state index contributed by atoms with van der Waals surface area (Å²) < 4.78 is 3.60. The van der Waals surface area contributed by atoms with Gasteiger partial charge in [-0.15, -0.1) is 0 Å². The van der Waals surface area contributed by atoms with E-state index in [0.29, 0.717) is 18.5 Å². The smallest absolute Gasteiger partial charge is 0.302 e. The number of hydrogen-bond donors (Lipinski definition) is 0. The maximum atomic E-state index is 13.6. The van der Waals surface area contributed by atoms with Crippen LogP contribution in [0.25, 0.3) is 0 Å². The number of hydrogen-bond acceptors (Lipinski definition) is 3. The van der Waals surface area contributed by atoms with Gasteiger partial charge in [0.05, 0.1) is 0 Å². The second-order valence-electron chi connectivity index (χ2n) is 10.9. The number of fused-ring (bicyclic) bond motifs is 2. The molecule has 29 heavy (non-hydrogen) atoms. The van der Waals surface area contributed by atoms with Gasteiger partial charge < -0.3 is 4.90 Å². The van der Waals surface area contributed by atoms with E-state index in [0.717, 1.165) is 50.5 Å². The second-order valence-corrected chi connectivity index (χ2v) is 10.9. The van der Waals surface area contributed by atoms with E-state index >= 15 is 0 Å². The fourth-order valence-corrected chi connectivity index (χ4v) is 7.08. The third-order valence-corrected chi connectivity index (χ3v) is 9.21. The van der Waals surface area contributed by atoms with Gasteiger partial charge in [0.2, 0.25) is 0 Å². The molecule has 1 aromatic rings. The van der Waals surface area contributed by atoms with Crippen molar-refractivity contribution in [2.24, 2.45) is 17.3 Å². The molecular weight excluding hydrogens is 362 g/mol. The third-order valence-electron chi connectivity index (χ3n) is 9.21. The fraction of sp³-hybridized carbons (Fsp3) is 0.833. The minimum absolute atomic E-state index is 0.0111. The van der Waals surface area contributed by atoms with Gasteiger partial charge in [-0.3, -0.25) is 13.9 Å². The largest absolute Gasteiger partial charge is 0.331 e. The Balaban J connectivity index is 1.54. The number of rotatable bonds is 5. The van der Waals surface area contributed by atoms with Gasteiger partial charge in [0.25, 0.3) is 5.56 Å². The van der Waals surface area contributed by atoms with E-state index in [2.05, 4.69) is 30.2 Å². The summed E-state index contributed by atoms with van der Waals surface area (Å²) in [5, 5.41) is 0. The van der Waals surface area contributed by atoms with Crippen LogP contribution in [-0.2, 0) is 12.0 Å². The van der Waals surface area contributed by atoms with Gasteiger partial charge >= 0.3 is 5.69 Å². The summed E-state index contributed by atoms with van der Waals surface area (Å²) in [6.07, 6.45) is 9.56. The van der Waals surface area contributed by atoms with Gasteiger partial charge in [-0.1, -0.05) is 27.2 Å². The normalized spacial score (nSPS) is 34.0. The molecule has 0 aromatic carbocycles. The van der Waals surface area contributed by atoms with Crippen molar-refractivity contribution in [3.8, 4) is 0 Å². The fourth-order valence-electron chi connectivity index (χ4n) is 7.08. The Morgan fingerprint density at radius 1 is 1.00 bits per heavy atom. The van der Waals surface area contributed by atoms with Crippen LogP contribution < -0.4 is 11.2 Å². The van der Waals surface area contributed by atoms with Crippen LogP contribution in [0.5, 0.6) is 0 Å². The van der Waals surface area contributed by atoms with Crippen molar-refractivity contribution < 1.29 is 0 Å². The van der Waals surface area contributed by atoms with Crippen molar-refractivity contribution in [2.75, 3.05) is 19.6 Å². The standard InChI is InChI=1S/C24H37N3O2/c1-17-7-8-18-16-24(17,23(18,2)3)20-15-21(28)26(22(29)27(20)19-9-10-19)14-13-25-11-5-4-6-12-25/h15,17-19H,4-14,16H2,1-3H3. The molecule has 0 spiro atoms. The van der Waals surface area contributed by atoms with E-state index in [1.54, 1.807) is 0 Å². The number of piperidine rings is 1. The van der Waals surface area contributed by atoms with E-state index in [-0.39, 0.29) is 22.1 Å². The van der Waals surface area contributed by atoms with Crippen LogP contribution in [0.1, 0.15) is 83.9 Å². The Bertz CT molecular complexity index is 904. The molecule has 0 radical (unpaired) electrons. The van der Waals surface area contributed by atoms with E-state index < -0.39 is 0 Å². The lowest BCUT2D eigenvalue weighted by Crippen LogP contribution is -2.66. The molecule has 2 heterocycles.